The molecule has 0 radical (unpaired) electrons. The molecule has 0 bridgehead atoms. The van der Waals surface area contributed by atoms with Crippen molar-refractivity contribution < 1.29 is 13.2 Å². The molecule has 1 aliphatic rings. The van der Waals surface area contributed by atoms with E-state index in [1.54, 1.807) is 4.90 Å². The van der Waals surface area contributed by atoms with Crippen LogP contribution in [0.25, 0.3) is 0 Å². The number of alkyl halides is 3. The van der Waals surface area contributed by atoms with Crippen LogP contribution in [0.5, 0.6) is 0 Å². The number of nitrogens with one attached hydrogen (secondary N) is 1. The Morgan fingerprint density at radius 2 is 2.06 bits per heavy atom. The predicted molar refractivity (Wildman–Crippen MR) is 58.9 cm³/mol. The van der Waals surface area contributed by atoms with Crippen molar-refractivity contribution in [1.29, 1.82) is 0 Å². The van der Waals surface area contributed by atoms with E-state index in [1.165, 1.54) is 12.3 Å². The van der Waals surface area contributed by atoms with Crippen molar-refractivity contribution in [3.05, 3.63) is 24.0 Å². The lowest BCUT2D eigenvalue weighted by atomic mass is 10.2. The highest BCUT2D eigenvalue weighted by atomic mass is 19.4. The van der Waals surface area contributed by atoms with Gasteiger partial charge in [-0.05, 0) is 19.0 Å². The molecule has 1 fully saturated rings. The summed E-state index contributed by atoms with van der Waals surface area (Å²) in [6, 6.07) is 1.44. The number of aromatic nitrogens is 1. The van der Waals surface area contributed by atoms with Crippen molar-refractivity contribution in [2.24, 2.45) is 0 Å². The van der Waals surface area contributed by atoms with Crippen LogP contribution in [-0.4, -0.2) is 31.2 Å². The maximum atomic E-state index is 12.8. The Hall–Kier alpha value is -1.30. The molecule has 1 saturated heterocycles. The molecule has 1 aromatic rings. The summed E-state index contributed by atoms with van der Waals surface area (Å²) in [6.07, 6.45) is -1.19. The molecule has 0 aromatic carbocycles. The summed E-state index contributed by atoms with van der Waals surface area (Å²) >= 11 is 0. The van der Waals surface area contributed by atoms with Gasteiger partial charge in [0, 0.05) is 32.0 Å². The number of hydrogen-bond acceptors (Lipinski definition) is 3. The molecule has 0 atom stereocenters. The van der Waals surface area contributed by atoms with Gasteiger partial charge in [0.05, 0.1) is 11.3 Å². The van der Waals surface area contributed by atoms with Crippen LogP contribution in [0.1, 0.15) is 12.0 Å². The third-order valence-electron chi connectivity index (χ3n) is 2.78. The SMILES string of the molecule is FC(F)(F)c1cnccc1N1CCCNCC1. The van der Waals surface area contributed by atoms with Crippen LogP contribution in [0.2, 0.25) is 0 Å². The van der Waals surface area contributed by atoms with Crippen LogP contribution in [0.15, 0.2) is 18.5 Å². The number of hydrogen-bond donors (Lipinski definition) is 1. The maximum Gasteiger partial charge on any atom is 0.419 e. The van der Waals surface area contributed by atoms with Crippen LogP contribution in [0.3, 0.4) is 0 Å². The molecule has 94 valence electrons. The highest BCUT2D eigenvalue weighted by molar-refractivity contribution is 5.53. The van der Waals surface area contributed by atoms with Gasteiger partial charge in [-0.3, -0.25) is 4.98 Å². The molecule has 0 aliphatic carbocycles. The Labute approximate surface area is 97.6 Å². The van der Waals surface area contributed by atoms with Gasteiger partial charge in [0.1, 0.15) is 0 Å². The predicted octanol–water partition coefficient (Wildman–Crippen LogP) is 1.90. The van der Waals surface area contributed by atoms with E-state index in [4.69, 9.17) is 0 Å². The first-order chi connectivity index (χ1) is 8.09. The van der Waals surface area contributed by atoms with Gasteiger partial charge in [-0.25, -0.2) is 0 Å². The second kappa shape index (κ2) is 4.91. The summed E-state index contributed by atoms with van der Waals surface area (Å²) in [7, 11) is 0. The third kappa shape index (κ3) is 2.88. The maximum absolute atomic E-state index is 12.8. The zero-order valence-electron chi connectivity index (χ0n) is 9.30. The van der Waals surface area contributed by atoms with E-state index >= 15 is 0 Å². The summed E-state index contributed by atoms with van der Waals surface area (Å²) in [6.45, 7) is 2.79. The van der Waals surface area contributed by atoms with Crippen LogP contribution >= 0.6 is 0 Å². The van der Waals surface area contributed by atoms with Gasteiger partial charge in [0.15, 0.2) is 0 Å². The fraction of sp³-hybridized carbons (Fsp3) is 0.545. The molecular weight excluding hydrogens is 231 g/mol. The van der Waals surface area contributed by atoms with Crippen LogP contribution < -0.4 is 10.2 Å². The molecule has 0 unspecified atom stereocenters. The van der Waals surface area contributed by atoms with Gasteiger partial charge in [0.2, 0.25) is 0 Å². The quantitative estimate of drug-likeness (QED) is 0.819. The van der Waals surface area contributed by atoms with Crippen molar-refractivity contribution in [2.45, 2.75) is 12.6 Å². The normalized spacial score (nSPS) is 17.9. The summed E-state index contributed by atoms with van der Waals surface area (Å²) in [5, 5.41) is 3.17. The monoisotopic (exact) mass is 245 g/mol. The van der Waals surface area contributed by atoms with Crippen LogP contribution in [0.4, 0.5) is 18.9 Å². The lowest BCUT2D eigenvalue weighted by Crippen LogP contribution is -2.29. The lowest BCUT2D eigenvalue weighted by molar-refractivity contribution is -0.137. The van der Waals surface area contributed by atoms with Crippen LogP contribution in [0, 0.1) is 0 Å². The molecule has 0 amide bonds. The van der Waals surface area contributed by atoms with E-state index in [1.807, 2.05) is 0 Å². The number of pyridine rings is 1. The van der Waals surface area contributed by atoms with Gasteiger partial charge in [-0.15, -0.1) is 0 Å². The van der Waals surface area contributed by atoms with E-state index in [0.717, 1.165) is 19.2 Å². The smallest absolute Gasteiger partial charge is 0.370 e. The first-order valence-corrected chi connectivity index (χ1v) is 5.56. The molecule has 0 saturated carbocycles. The van der Waals surface area contributed by atoms with Crippen molar-refractivity contribution in [1.82, 2.24) is 10.3 Å². The minimum absolute atomic E-state index is 0.233. The van der Waals surface area contributed by atoms with Crippen molar-refractivity contribution >= 4 is 5.69 Å². The first-order valence-electron chi connectivity index (χ1n) is 5.56. The number of nitrogens with zero attached hydrogens (tertiary/aromatic N) is 2. The first kappa shape index (κ1) is 12.2. The van der Waals surface area contributed by atoms with E-state index in [0.29, 0.717) is 19.6 Å². The van der Waals surface area contributed by atoms with E-state index in [9.17, 15) is 13.2 Å². The largest absolute Gasteiger partial charge is 0.419 e. The molecule has 2 heterocycles. The van der Waals surface area contributed by atoms with Gasteiger partial charge >= 0.3 is 6.18 Å². The molecule has 6 heteroatoms. The second-order valence-electron chi connectivity index (χ2n) is 3.98. The molecular formula is C11H14F3N3. The van der Waals surface area contributed by atoms with Crippen LogP contribution in [-0.2, 0) is 6.18 Å². The molecule has 1 N–H and O–H groups in total. The van der Waals surface area contributed by atoms with E-state index < -0.39 is 11.7 Å². The number of halogens is 3. The lowest BCUT2D eigenvalue weighted by Gasteiger charge is -2.25. The Kier molecular flexibility index (Phi) is 3.51. The molecule has 1 aliphatic heterocycles. The zero-order chi connectivity index (χ0) is 12.3. The summed E-state index contributed by atoms with van der Waals surface area (Å²) in [5.41, 5.74) is -0.418. The van der Waals surface area contributed by atoms with E-state index in [2.05, 4.69) is 10.3 Å². The molecule has 17 heavy (non-hydrogen) atoms. The zero-order valence-corrected chi connectivity index (χ0v) is 9.30. The average Bonchev–Trinajstić information content (AvgIpc) is 2.56. The molecule has 1 aromatic heterocycles. The standard InChI is InChI=1S/C11H14F3N3/c12-11(13,14)9-8-16-4-2-10(9)17-6-1-3-15-5-7-17/h2,4,8,15H,1,3,5-7H2. The minimum atomic E-state index is -4.34. The minimum Gasteiger partial charge on any atom is -0.370 e. The Balaban J connectivity index is 2.30. The van der Waals surface area contributed by atoms with Crippen molar-refractivity contribution in [3.63, 3.8) is 0 Å². The fourth-order valence-corrected chi connectivity index (χ4v) is 1.97. The Bertz CT molecular complexity index is 370. The fourth-order valence-electron chi connectivity index (χ4n) is 1.97. The van der Waals surface area contributed by atoms with Gasteiger partial charge in [0.25, 0.3) is 0 Å². The van der Waals surface area contributed by atoms with Gasteiger partial charge < -0.3 is 10.2 Å². The average molecular weight is 245 g/mol. The summed E-state index contributed by atoms with van der Waals surface area (Å²) in [4.78, 5) is 5.34. The van der Waals surface area contributed by atoms with Gasteiger partial charge in [-0.2, -0.15) is 13.2 Å². The summed E-state index contributed by atoms with van der Waals surface area (Å²) in [5.74, 6) is 0. The Morgan fingerprint density at radius 3 is 2.82 bits per heavy atom. The number of rotatable bonds is 1. The highest BCUT2D eigenvalue weighted by Crippen LogP contribution is 2.35. The second-order valence-corrected chi connectivity index (χ2v) is 3.98. The Morgan fingerprint density at radius 1 is 1.24 bits per heavy atom. The van der Waals surface area contributed by atoms with Crippen molar-refractivity contribution in [2.75, 3.05) is 31.1 Å². The molecule has 2 rings (SSSR count). The molecule has 3 nitrogen and oxygen atoms in total. The van der Waals surface area contributed by atoms with Gasteiger partial charge in [-0.1, -0.05) is 0 Å². The molecule has 0 spiro atoms. The van der Waals surface area contributed by atoms with Crippen molar-refractivity contribution in [3.8, 4) is 0 Å². The topological polar surface area (TPSA) is 28.2 Å². The summed E-state index contributed by atoms with van der Waals surface area (Å²) < 4.78 is 38.5. The number of anilines is 1. The highest BCUT2D eigenvalue weighted by Gasteiger charge is 2.35. The third-order valence-corrected chi connectivity index (χ3v) is 2.78. The van der Waals surface area contributed by atoms with E-state index in [-0.39, 0.29) is 5.69 Å².